The van der Waals surface area contributed by atoms with Gasteiger partial charge in [0, 0.05) is 12.2 Å². The van der Waals surface area contributed by atoms with E-state index in [0.717, 1.165) is 42.4 Å². The van der Waals surface area contributed by atoms with Crippen molar-refractivity contribution in [3.63, 3.8) is 0 Å². The maximum Gasteiger partial charge on any atom is 0.408 e. The highest BCUT2D eigenvalue weighted by Gasteiger charge is 2.37. The van der Waals surface area contributed by atoms with Gasteiger partial charge < -0.3 is 25.0 Å². The van der Waals surface area contributed by atoms with E-state index in [0.29, 0.717) is 24.4 Å². The Labute approximate surface area is 252 Å². The van der Waals surface area contributed by atoms with E-state index in [1.807, 2.05) is 45.9 Å². The summed E-state index contributed by atoms with van der Waals surface area (Å²) in [4.78, 5) is 43.2. The average Bonchev–Trinajstić information content (AvgIpc) is 2.90. The second-order valence-corrected chi connectivity index (χ2v) is 12.3. The third kappa shape index (κ3) is 10.7. The summed E-state index contributed by atoms with van der Waals surface area (Å²) in [6.07, 6.45) is 3.48. The van der Waals surface area contributed by atoms with E-state index in [1.54, 1.807) is 57.0 Å². The molecule has 0 aliphatic heterocycles. The van der Waals surface area contributed by atoms with Crippen LogP contribution in [0.2, 0.25) is 0 Å². The largest absolute Gasteiger partial charge is 0.497 e. The summed E-state index contributed by atoms with van der Waals surface area (Å²) in [7, 11) is 1.59. The summed E-state index contributed by atoms with van der Waals surface area (Å²) in [5, 5.41) is 5.86. The van der Waals surface area contributed by atoms with Gasteiger partial charge in [-0.05, 0) is 94.3 Å². The number of amides is 3. The van der Waals surface area contributed by atoms with Gasteiger partial charge in [0.15, 0.2) is 0 Å². The van der Waals surface area contributed by atoms with Gasteiger partial charge in [-0.15, -0.1) is 0 Å². The zero-order chi connectivity index (χ0) is 31.4. The first-order valence-electron chi connectivity index (χ1n) is 15.1. The van der Waals surface area contributed by atoms with Crippen LogP contribution in [0, 0.1) is 19.8 Å². The zero-order valence-electron chi connectivity index (χ0n) is 27.0. The molecule has 42 heavy (non-hydrogen) atoms. The van der Waals surface area contributed by atoms with Crippen LogP contribution in [0.3, 0.4) is 0 Å². The summed E-state index contributed by atoms with van der Waals surface area (Å²) in [5.41, 5.74) is 2.50. The van der Waals surface area contributed by atoms with Gasteiger partial charge in [0.2, 0.25) is 5.91 Å². The van der Waals surface area contributed by atoms with E-state index >= 15 is 0 Å². The zero-order valence-corrected chi connectivity index (χ0v) is 27.0. The first-order chi connectivity index (χ1) is 19.8. The lowest BCUT2D eigenvalue weighted by atomic mass is 9.92. The molecule has 0 spiro atoms. The van der Waals surface area contributed by atoms with Gasteiger partial charge in [0.1, 0.15) is 23.4 Å². The number of methoxy groups -OCH3 is 1. The fourth-order valence-electron chi connectivity index (χ4n) is 4.99. The van der Waals surface area contributed by atoms with Crippen LogP contribution in [0.5, 0.6) is 5.75 Å². The van der Waals surface area contributed by atoms with Crippen molar-refractivity contribution < 1.29 is 23.9 Å². The standard InChI is InChI=1S/C34H51N3O5/c1-10-11-12-13-21-37(32(39)28(22-23(2)3)36-33(40)42-34(6,7)8)30(29-24(4)15-14-16-25(29)5)31(38)35-26-17-19-27(41-9)20-18-26/h14-20,23,28,30H,10-13,21-22H2,1-9H3,(H,35,38)(H,36,40). The molecule has 232 valence electrons. The van der Waals surface area contributed by atoms with Crippen LogP contribution in [0.1, 0.15) is 96.4 Å². The molecular formula is C34H51N3O5. The van der Waals surface area contributed by atoms with E-state index < -0.39 is 23.8 Å². The molecule has 0 aliphatic carbocycles. The topological polar surface area (TPSA) is 97.0 Å². The van der Waals surface area contributed by atoms with Gasteiger partial charge in [-0.2, -0.15) is 0 Å². The third-order valence-electron chi connectivity index (χ3n) is 6.96. The van der Waals surface area contributed by atoms with Gasteiger partial charge in [0.05, 0.1) is 7.11 Å². The molecule has 2 aromatic rings. The second-order valence-electron chi connectivity index (χ2n) is 12.3. The Morgan fingerprint density at radius 1 is 0.929 bits per heavy atom. The molecule has 2 rings (SSSR count). The van der Waals surface area contributed by atoms with E-state index in [-0.39, 0.29) is 17.7 Å². The van der Waals surface area contributed by atoms with Crippen molar-refractivity contribution in [2.45, 2.75) is 105 Å². The molecule has 3 amide bonds. The van der Waals surface area contributed by atoms with Crippen LogP contribution < -0.4 is 15.4 Å². The Kier molecular flexibility index (Phi) is 13.4. The number of carbonyl (C=O) groups is 3. The highest BCUT2D eigenvalue weighted by molar-refractivity contribution is 5.99. The van der Waals surface area contributed by atoms with Crippen molar-refractivity contribution in [1.29, 1.82) is 0 Å². The number of ether oxygens (including phenoxy) is 2. The van der Waals surface area contributed by atoms with Crippen LogP contribution >= 0.6 is 0 Å². The van der Waals surface area contributed by atoms with E-state index in [1.165, 1.54) is 0 Å². The summed E-state index contributed by atoms with van der Waals surface area (Å²) in [5.74, 6) is 0.171. The number of anilines is 1. The molecule has 0 bridgehead atoms. The number of nitrogens with zero attached hydrogens (tertiary/aromatic N) is 1. The smallest absolute Gasteiger partial charge is 0.408 e. The lowest BCUT2D eigenvalue weighted by Gasteiger charge is -2.36. The first kappa shape index (κ1) is 34.7. The van der Waals surface area contributed by atoms with Crippen LogP contribution in [-0.2, 0) is 14.3 Å². The Morgan fingerprint density at radius 3 is 2.07 bits per heavy atom. The molecule has 0 aromatic heterocycles. The molecule has 2 aromatic carbocycles. The summed E-state index contributed by atoms with van der Waals surface area (Å²) >= 11 is 0. The average molecular weight is 582 g/mol. The number of benzene rings is 2. The first-order valence-corrected chi connectivity index (χ1v) is 15.1. The fraction of sp³-hybridized carbons (Fsp3) is 0.559. The van der Waals surface area contributed by atoms with Crippen LogP contribution in [0.4, 0.5) is 10.5 Å². The Balaban J connectivity index is 2.60. The number of hydrogen-bond donors (Lipinski definition) is 2. The quantitative estimate of drug-likeness (QED) is 0.228. The Morgan fingerprint density at radius 2 is 1.55 bits per heavy atom. The van der Waals surface area contributed by atoms with E-state index in [4.69, 9.17) is 9.47 Å². The molecule has 0 heterocycles. The second kappa shape index (κ2) is 16.2. The van der Waals surface area contributed by atoms with Crippen molar-refractivity contribution >= 4 is 23.6 Å². The van der Waals surface area contributed by atoms with Crippen molar-refractivity contribution in [2.75, 3.05) is 19.0 Å². The predicted octanol–water partition coefficient (Wildman–Crippen LogP) is 7.34. The summed E-state index contributed by atoms with van der Waals surface area (Å²) in [6, 6.07) is 11.2. The van der Waals surface area contributed by atoms with E-state index in [2.05, 4.69) is 17.6 Å². The minimum Gasteiger partial charge on any atom is -0.497 e. The number of aryl methyl sites for hydroxylation is 2. The molecule has 0 saturated carbocycles. The summed E-state index contributed by atoms with van der Waals surface area (Å²) in [6.45, 7) is 15.8. The number of carbonyl (C=O) groups excluding carboxylic acids is 3. The van der Waals surface area contributed by atoms with Crippen molar-refractivity contribution in [3.05, 3.63) is 59.2 Å². The number of alkyl carbamates (subject to hydrolysis) is 1. The van der Waals surface area contributed by atoms with Gasteiger partial charge in [-0.3, -0.25) is 9.59 Å². The molecule has 0 radical (unpaired) electrons. The number of unbranched alkanes of at least 4 members (excludes halogenated alkanes) is 3. The van der Waals surface area contributed by atoms with Crippen LogP contribution in [-0.4, -0.2) is 48.1 Å². The lowest BCUT2D eigenvalue weighted by molar-refractivity contribution is -0.141. The van der Waals surface area contributed by atoms with Gasteiger partial charge >= 0.3 is 6.09 Å². The predicted molar refractivity (Wildman–Crippen MR) is 169 cm³/mol. The molecule has 2 atom stereocenters. The number of hydrogen-bond acceptors (Lipinski definition) is 5. The number of nitrogens with one attached hydrogen (secondary N) is 2. The molecule has 2 N–H and O–H groups in total. The molecule has 0 aliphatic rings. The van der Waals surface area contributed by atoms with Crippen molar-refractivity contribution in [2.24, 2.45) is 5.92 Å². The maximum absolute atomic E-state index is 14.5. The lowest BCUT2D eigenvalue weighted by Crippen LogP contribution is -2.53. The highest BCUT2D eigenvalue weighted by atomic mass is 16.6. The molecule has 8 nitrogen and oxygen atoms in total. The van der Waals surface area contributed by atoms with Crippen LogP contribution in [0.25, 0.3) is 0 Å². The fourth-order valence-corrected chi connectivity index (χ4v) is 4.99. The molecular weight excluding hydrogens is 530 g/mol. The normalized spacial score (nSPS) is 12.8. The minimum absolute atomic E-state index is 0.114. The van der Waals surface area contributed by atoms with Gasteiger partial charge in [-0.25, -0.2) is 4.79 Å². The number of rotatable bonds is 14. The van der Waals surface area contributed by atoms with E-state index in [9.17, 15) is 14.4 Å². The Bertz CT molecular complexity index is 1150. The third-order valence-corrected chi connectivity index (χ3v) is 6.96. The maximum atomic E-state index is 14.5. The SMILES string of the molecule is CCCCCCN(C(=O)C(CC(C)C)NC(=O)OC(C)(C)C)C(C(=O)Nc1ccc(OC)cc1)c1c(C)cccc1C. The van der Waals surface area contributed by atoms with Gasteiger partial charge in [0.25, 0.3) is 5.91 Å². The monoisotopic (exact) mass is 581 g/mol. The van der Waals surface area contributed by atoms with Crippen molar-refractivity contribution in [1.82, 2.24) is 10.2 Å². The van der Waals surface area contributed by atoms with Gasteiger partial charge in [-0.1, -0.05) is 58.2 Å². The molecule has 0 saturated heterocycles. The minimum atomic E-state index is -0.905. The Hall–Kier alpha value is -3.55. The molecule has 8 heteroatoms. The highest BCUT2D eigenvalue weighted by Crippen LogP contribution is 2.31. The molecule has 2 unspecified atom stereocenters. The van der Waals surface area contributed by atoms with Crippen molar-refractivity contribution in [3.8, 4) is 5.75 Å². The molecule has 0 fully saturated rings. The van der Waals surface area contributed by atoms with Crippen LogP contribution in [0.15, 0.2) is 42.5 Å². The summed E-state index contributed by atoms with van der Waals surface area (Å²) < 4.78 is 10.8.